The van der Waals surface area contributed by atoms with Crippen molar-refractivity contribution in [2.24, 2.45) is 5.92 Å². The van der Waals surface area contributed by atoms with Crippen LogP contribution >= 0.6 is 12.2 Å². The highest BCUT2D eigenvalue weighted by molar-refractivity contribution is 7.80. The molecule has 10 heavy (non-hydrogen) atoms. The lowest BCUT2D eigenvalue weighted by Gasteiger charge is -2.15. The Hall–Kier alpha value is -0.310. The van der Waals surface area contributed by atoms with Gasteiger partial charge < -0.3 is 10.6 Å². The lowest BCUT2D eigenvalue weighted by molar-refractivity contribution is 0.435. The molecule has 1 aliphatic heterocycles. The van der Waals surface area contributed by atoms with Gasteiger partial charge in [0, 0.05) is 12.6 Å². The number of thiocarbonyl (C=S) groups is 1. The molecule has 2 N–H and O–H groups in total. The second-order valence-corrected chi connectivity index (χ2v) is 3.25. The van der Waals surface area contributed by atoms with E-state index in [0.29, 0.717) is 12.0 Å². The van der Waals surface area contributed by atoms with Gasteiger partial charge in [-0.25, -0.2) is 0 Å². The van der Waals surface area contributed by atoms with Crippen LogP contribution in [0.3, 0.4) is 0 Å². The molecule has 1 heterocycles. The van der Waals surface area contributed by atoms with Crippen LogP contribution in [0.1, 0.15) is 20.3 Å². The molecule has 0 radical (unpaired) electrons. The zero-order chi connectivity index (χ0) is 7.56. The molecule has 2 nitrogen and oxygen atoms in total. The minimum absolute atomic E-state index is 0.553. The maximum atomic E-state index is 4.94. The van der Waals surface area contributed by atoms with Crippen LogP contribution in [0.15, 0.2) is 0 Å². The van der Waals surface area contributed by atoms with Gasteiger partial charge in [-0.15, -0.1) is 0 Å². The second-order valence-electron chi connectivity index (χ2n) is 2.85. The van der Waals surface area contributed by atoms with Gasteiger partial charge in [-0.1, -0.05) is 20.3 Å². The monoisotopic (exact) mass is 158 g/mol. The van der Waals surface area contributed by atoms with E-state index in [4.69, 9.17) is 12.2 Å². The standard InChI is InChI=1S/C7H14N2S/c1-3-5(2)6-4-8-7(10)9-6/h5-6H,3-4H2,1-2H3,(H2,8,9,10)/t5?,6-/m1/s1. The zero-order valence-electron chi connectivity index (χ0n) is 6.48. The van der Waals surface area contributed by atoms with E-state index in [1.807, 2.05) is 0 Å². The van der Waals surface area contributed by atoms with Crippen LogP contribution in [0.25, 0.3) is 0 Å². The maximum absolute atomic E-state index is 4.94. The Kier molecular flexibility index (Phi) is 2.49. The molecule has 58 valence electrons. The first-order valence-corrected chi connectivity index (χ1v) is 4.19. The summed E-state index contributed by atoms with van der Waals surface area (Å²) in [5, 5.41) is 7.14. The highest BCUT2D eigenvalue weighted by Gasteiger charge is 2.21. The Morgan fingerprint density at radius 1 is 1.80 bits per heavy atom. The average Bonchev–Trinajstić information content (AvgIpc) is 2.34. The molecule has 2 atom stereocenters. The van der Waals surface area contributed by atoms with E-state index in [0.717, 1.165) is 11.7 Å². The summed E-state index contributed by atoms with van der Waals surface area (Å²) in [6.07, 6.45) is 1.21. The van der Waals surface area contributed by atoms with Crippen LogP contribution in [0, 0.1) is 5.92 Å². The van der Waals surface area contributed by atoms with Gasteiger partial charge in [0.05, 0.1) is 0 Å². The largest absolute Gasteiger partial charge is 0.361 e. The van der Waals surface area contributed by atoms with Crippen molar-refractivity contribution < 1.29 is 0 Å². The van der Waals surface area contributed by atoms with E-state index in [2.05, 4.69) is 24.5 Å². The summed E-state index contributed by atoms with van der Waals surface area (Å²) in [5.41, 5.74) is 0. The molecule has 1 rings (SSSR count). The van der Waals surface area contributed by atoms with Gasteiger partial charge in [0.25, 0.3) is 0 Å². The molecule has 1 aliphatic rings. The number of nitrogens with one attached hydrogen (secondary N) is 2. The summed E-state index contributed by atoms with van der Waals surface area (Å²) >= 11 is 4.94. The highest BCUT2D eigenvalue weighted by Crippen LogP contribution is 2.08. The van der Waals surface area contributed by atoms with E-state index in [-0.39, 0.29) is 0 Å². The molecule has 0 amide bonds. The van der Waals surface area contributed by atoms with Crippen molar-refractivity contribution in [2.45, 2.75) is 26.3 Å². The topological polar surface area (TPSA) is 24.1 Å². The van der Waals surface area contributed by atoms with Gasteiger partial charge in [-0.3, -0.25) is 0 Å². The fourth-order valence-corrected chi connectivity index (χ4v) is 1.34. The minimum Gasteiger partial charge on any atom is -0.361 e. The molecule has 0 spiro atoms. The first-order chi connectivity index (χ1) is 4.74. The molecule has 1 fully saturated rings. The van der Waals surface area contributed by atoms with E-state index in [1.165, 1.54) is 6.42 Å². The Bertz CT molecular complexity index is 136. The number of hydrogen-bond donors (Lipinski definition) is 2. The Morgan fingerprint density at radius 2 is 2.50 bits per heavy atom. The van der Waals surface area contributed by atoms with Crippen molar-refractivity contribution in [1.82, 2.24) is 10.6 Å². The fourth-order valence-electron chi connectivity index (χ4n) is 1.10. The molecular weight excluding hydrogens is 144 g/mol. The first-order valence-electron chi connectivity index (χ1n) is 3.78. The quantitative estimate of drug-likeness (QED) is 0.583. The fraction of sp³-hybridized carbons (Fsp3) is 0.857. The molecular formula is C7H14N2S. The third-order valence-electron chi connectivity index (χ3n) is 2.13. The summed E-state index contributed by atoms with van der Waals surface area (Å²) in [6, 6.07) is 0.553. The van der Waals surface area contributed by atoms with Gasteiger partial charge in [0.15, 0.2) is 5.11 Å². The third-order valence-corrected chi connectivity index (χ3v) is 2.39. The van der Waals surface area contributed by atoms with Crippen LogP contribution in [0.4, 0.5) is 0 Å². The van der Waals surface area contributed by atoms with E-state index in [9.17, 15) is 0 Å². The van der Waals surface area contributed by atoms with E-state index >= 15 is 0 Å². The van der Waals surface area contributed by atoms with Crippen molar-refractivity contribution in [3.8, 4) is 0 Å². The number of hydrogen-bond acceptors (Lipinski definition) is 1. The first kappa shape index (κ1) is 7.79. The van der Waals surface area contributed by atoms with Crippen LogP contribution in [-0.4, -0.2) is 17.7 Å². The van der Waals surface area contributed by atoms with Crippen molar-refractivity contribution in [1.29, 1.82) is 0 Å². The SMILES string of the molecule is CCC(C)[C@H]1CNC(=S)N1. The molecule has 1 unspecified atom stereocenters. The third kappa shape index (κ3) is 1.59. The van der Waals surface area contributed by atoms with Crippen LogP contribution < -0.4 is 10.6 Å². The summed E-state index contributed by atoms with van der Waals surface area (Å²) in [6.45, 7) is 5.44. The number of rotatable bonds is 2. The predicted octanol–water partition coefficient (Wildman–Crippen LogP) is 0.879. The molecule has 0 bridgehead atoms. The van der Waals surface area contributed by atoms with E-state index < -0.39 is 0 Å². The summed E-state index contributed by atoms with van der Waals surface area (Å²) in [5.74, 6) is 0.716. The molecule has 0 aromatic rings. The Labute approximate surface area is 67.4 Å². The summed E-state index contributed by atoms with van der Waals surface area (Å²) < 4.78 is 0. The van der Waals surface area contributed by atoms with Crippen molar-refractivity contribution in [3.63, 3.8) is 0 Å². The molecule has 0 aromatic heterocycles. The average molecular weight is 158 g/mol. The lowest BCUT2D eigenvalue weighted by Crippen LogP contribution is -2.32. The van der Waals surface area contributed by atoms with Crippen LogP contribution in [0.5, 0.6) is 0 Å². The zero-order valence-corrected chi connectivity index (χ0v) is 7.29. The van der Waals surface area contributed by atoms with Crippen molar-refractivity contribution in [2.75, 3.05) is 6.54 Å². The second kappa shape index (κ2) is 3.19. The normalized spacial score (nSPS) is 27.4. The smallest absolute Gasteiger partial charge is 0.166 e. The van der Waals surface area contributed by atoms with Gasteiger partial charge in [-0.05, 0) is 18.1 Å². The minimum atomic E-state index is 0.553. The maximum Gasteiger partial charge on any atom is 0.166 e. The predicted molar refractivity (Wildman–Crippen MR) is 47.0 cm³/mol. The van der Waals surface area contributed by atoms with Gasteiger partial charge in [-0.2, -0.15) is 0 Å². The van der Waals surface area contributed by atoms with Gasteiger partial charge in [0.2, 0.25) is 0 Å². The van der Waals surface area contributed by atoms with Gasteiger partial charge in [0.1, 0.15) is 0 Å². The molecule has 0 aliphatic carbocycles. The Balaban J connectivity index is 2.36. The van der Waals surface area contributed by atoms with Crippen LogP contribution in [-0.2, 0) is 0 Å². The summed E-state index contributed by atoms with van der Waals surface area (Å²) in [4.78, 5) is 0. The van der Waals surface area contributed by atoms with Crippen LogP contribution in [0.2, 0.25) is 0 Å². The van der Waals surface area contributed by atoms with E-state index in [1.54, 1.807) is 0 Å². The lowest BCUT2D eigenvalue weighted by atomic mass is 10.0. The summed E-state index contributed by atoms with van der Waals surface area (Å²) in [7, 11) is 0. The Morgan fingerprint density at radius 3 is 2.90 bits per heavy atom. The molecule has 0 aromatic carbocycles. The molecule has 0 saturated carbocycles. The van der Waals surface area contributed by atoms with Crippen molar-refractivity contribution in [3.05, 3.63) is 0 Å². The van der Waals surface area contributed by atoms with Crippen molar-refractivity contribution >= 4 is 17.3 Å². The molecule has 1 saturated heterocycles. The highest BCUT2D eigenvalue weighted by atomic mass is 32.1. The van der Waals surface area contributed by atoms with Gasteiger partial charge >= 0.3 is 0 Å². The molecule has 3 heteroatoms.